The van der Waals surface area contributed by atoms with Crippen LogP contribution in [0.2, 0.25) is 0 Å². The van der Waals surface area contributed by atoms with Gasteiger partial charge in [-0.3, -0.25) is 0 Å². The normalized spacial score (nSPS) is 11.7. The minimum absolute atomic E-state index is 0. The summed E-state index contributed by atoms with van der Waals surface area (Å²) in [4.78, 5) is 25.3. The number of carbonyl (C=O) groups excluding carboxylic acids is 2. The molecule has 9 heteroatoms. The third-order valence-electron chi connectivity index (χ3n) is 11.5. The van der Waals surface area contributed by atoms with Gasteiger partial charge in [-0.2, -0.15) is 0 Å². The smallest absolute Gasteiger partial charge is 0.744 e. The van der Waals surface area contributed by atoms with Crippen LogP contribution in [-0.2, 0) is 19.6 Å². The van der Waals surface area contributed by atoms with Gasteiger partial charge in [-0.1, -0.05) is 211 Å². The number of benzene rings is 1. The van der Waals surface area contributed by atoms with Crippen molar-refractivity contribution in [2.24, 2.45) is 0 Å². The third kappa shape index (κ3) is 35.6. The fourth-order valence-electron chi connectivity index (χ4n) is 7.71. The monoisotopic (exact) mass is 881 g/mol. The molecule has 0 heterocycles. The van der Waals surface area contributed by atoms with Crippen molar-refractivity contribution < 1.29 is 61.6 Å². The van der Waals surface area contributed by atoms with Crippen molar-refractivity contribution in [2.45, 2.75) is 250 Å². The van der Waals surface area contributed by atoms with E-state index in [9.17, 15) is 22.6 Å². The van der Waals surface area contributed by atoms with Crippen LogP contribution in [0, 0.1) is 0 Å². The number of esters is 2. The zero-order valence-corrected chi connectivity index (χ0v) is 42.5. The number of hydrogen-bond donors (Lipinski definition) is 0. The first-order valence-corrected chi connectivity index (χ1v) is 26.5. The Balaban J connectivity index is 0.0000360. The van der Waals surface area contributed by atoms with Gasteiger partial charge < -0.3 is 14.0 Å². The largest absolute Gasteiger partial charge is 1.00 e. The van der Waals surface area contributed by atoms with Crippen molar-refractivity contribution in [1.29, 1.82) is 0 Å². The van der Waals surface area contributed by atoms with Crippen LogP contribution < -0.4 is 29.6 Å². The Bertz CT molecular complexity index is 1340. The third-order valence-corrected chi connectivity index (χ3v) is 12.4. The summed E-state index contributed by atoms with van der Waals surface area (Å²) in [6.07, 6.45) is 53.2. The molecular formula is C52H89NaO7S. The Morgan fingerprint density at radius 3 is 1.08 bits per heavy atom. The molecule has 0 N–H and O–H groups in total. The minimum atomic E-state index is -5.02. The topological polar surface area (TPSA) is 110 Å². The molecule has 346 valence electrons. The predicted octanol–water partition coefficient (Wildman–Crippen LogP) is 13.1. The molecular weight excluding hydrogens is 792 g/mol. The van der Waals surface area contributed by atoms with Crippen LogP contribution in [-0.4, -0.2) is 38.1 Å². The molecule has 0 bridgehead atoms. The van der Waals surface area contributed by atoms with E-state index in [4.69, 9.17) is 9.47 Å². The summed E-state index contributed by atoms with van der Waals surface area (Å²) in [7, 11) is -5.02. The van der Waals surface area contributed by atoms with Crippen molar-refractivity contribution in [2.75, 3.05) is 13.2 Å². The molecule has 0 spiro atoms. The van der Waals surface area contributed by atoms with E-state index in [0.717, 1.165) is 44.6 Å². The molecule has 0 saturated heterocycles. The maximum atomic E-state index is 13.1. The molecule has 1 aromatic carbocycles. The number of rotatable bonds is 43. The van der Waals surface area contributed by atoms with Gasteiger partial charge in [0.2, 0.25) is 0 Å². The fraction of sp³-hybridized carbons (Fsp3) is 0.769. The van der Waals surface area contributed by atoms with Crippen LogP contribution in [0.15, 0.2) is 47.4 Å². The first-order valence-electron chi connectivity index (χ1n) is 25.1. The fourth-order valence-corrected chi connectivity index (χ4v) is 8.40. The predicted molar refractivity (Wildman–Crippen MR) is 251 cm³/mol. The molecule has 0 unspecified atom stereocenters. The van der Waals surface area contributed by atoms with E-state index in [0.29, 0.717) is 12.8 Å². The van der Waals surface area contributed by atoms with Gasteiger partial charge in [0, 0.05) is 0 Å². The zero-order chi connectivity index (χ0) is 43.6. The molecule has 0 saturated carbocycles. The van der Waals surface area contributed by atoms with Gasteiger partial charge in [0.05, 0.1) is 29.2 Å². The van der Waals surface area contributed by atoms with E-state index in [-0.39, 0.29) is 48.3 Å². The molecule has 0 fully saturated rings. The minimum Gasteiger partial charge on any atom is -0.744 e. The van der Waals surface area contributed by atoms with Crippen LogP contribution >= 0.6 is 0 Å². The SMILES string of the molecule is CCCCC/C=C/CCCCCCCCCCCCCCCOC(=O)c1cccc(S(=O)(=O)[O-])c1C(=O)OCCCCCCCCCCCCCCC/C=C/CCCCC.[Na+]. The van der Waals surface area contributed by atoms with Crippen molar-refractivity contribution in [3.8, 4) is 0 Å². The quantitative estimate of drug-likeness (QED) is 0.0211. The Labute approximate surface area is 397 Å². The molecule has 0 aliphatic rings. The summed E-state index contributed by atoms with van der Waals surface area (Å²) in [6.45, 7) is 4.75. The van der Waals surface area contributed by atoms with Crippen molar-refractivity contribution in [1.82, 2.24) is 0 Å². The Hall–Kier alpha value is -1.45. The average molecular weight is 881 g/mol. The average Bonchev–Trinajstić information content (AvgIpc) is 3.24. The van der Waals surface area contributed by atoms with Crippen LogP contribution in [0.4, 0.5) is 0 Å². The second-order valence-electron chi connectivity index (χ2n) is 17.1. The van der Waals surface area contributed by atoms with E-state index >= 15 is 0 Å². The van der Waals surface area contributed by atoms with Gasteiger partial charge in [0.15, 0.2) is 0 Å². The molecule has 0 atom stereocenters. The summed E-state index contributed by atoms with van der Waals surface area (Å²) in [5.41, 5.74) is -0.771. The summed E-state index contributed by atoms with van der Waals surface area (Å²) < 4.78 is 46.9. The molecule has 0 aliphatic carbocycles. The van der Waals surface area contributed by atoms with E-state index in [1.54, 1.807) is 0 Å². The van der Waals surface area contributed by atoms with Gasteiger partial charge in [-0.15, -0.1) is 0 Å². The Morgan fingerprint density at radius 2 is 0.754 bits per heavy atom. The maximum absolute atomic E-state index is 13.1. The van der Waals surface area contributed by atoms with Crippen LogP contribution in [0.1, 0.15) is 266 Å². The number of allylic oxidation sites excluding steroid dienone is 4. The molecule has 7 nitrogen and oxygen atoms in total. The van der Waals surface area contributed by atoms with Gasteiger partial charge in [-0.05, 0) is 76.3 Å². The summed E-state index contributed by atoms with van der Waals surface area (Å²) in [5.74, 6) is -1.80. The van der Waals surface area contributed by atoms with Gasteiger partial charge in [-0.25, -0.2) is 18.0 Å². The van der Waals surface area contributed by atoms with E-state index < -0.39 is 32.5 Å². The second kappa shape index (κ2) is 43.8. The van der Waals surface area contributed by atoms with Crippen molar-refractivity contribution in [3.05, 3.63) is 53.6 Å². The van der Waals surface area contributed by atoms with Crippen LogP contribution in [0.5, 0.6) is 0 Å². The maximum Gasteiger partial charge on any atom is 1.00 e. The second-order valence-corrected chi connectivity index (χ2v) is 18.5. The van der Waals surface area contributed by atoms with Gasteiger partial charge in [0.1, 0.15) is 10.1 Å². The number of hydrogen-bond acceptors (Lipinski definition) is 7. The molecule has 1 rings (SSSR count). The summed E-state index contributed by atoms with van der Waals surface area (Å²) in [5, 5.41) is 0. The van der Waals surface area contributed by atoms with Gasteiger partial charge in [0.25, 0.3) is 0 Å². The van der Waals surface area contributed by atoms with E-state index in [1.807, 2.05) is 0 Å². The Kier molecular flexibility index (Phi) is 42.7. The Morgan fingerprint density at radius 1 is 0.459 bits per heavy atom. The first-order chi connectivity index (χ1) is 29.3. The number of unbranched alkanes of at least 4 members (excludes halogenated alkanes) is 32. The first kappa shape index (κ1) is 59.5. The van der Waals surface area contributed by atoms with E-state index in [1.165, 1.54) is 192 Å². The van der Waals surface area contributed by atoms with Crippen molar-refractivity contribution in [3.63, 3.8) is 0 Å². The molecule has 0 aliphatic heterocycles. The summed E-state index contributed by atoms with van der Waals surface area (Å²) >= 11 is 0. The molecule has 61 heavy (non-hydrogen) atoms. The zero-order valence-electron chi connectivity index (χ0n) is 39.7. The van der Waals surface area contributed by atoms with Crippen LogP contribution in [0.3, 0.4) is 0 Å². The molecule has 0 amide bonds. The molecule has 0 radical (unpaired) electrons. The molecule has 1 aromatic rings. The number of carbonyl (C=O) groups is 2. The van der Waals surface area contributed by atoms with Crippen molar-refractivity contribution >= 4 is 22.1 Å². The van der Waals surface area contributed by atoms with Crippen LogP contribution in [0.25, 0.3) is 0 Å². The summed E-state index contributed by atoms with van der Waals surface area (Å²) in [6, 6.07) is 3.64. The van der Waals surface area contributed by atoms with Gasteiger partial charge >= 0.3 is 41.5 Å². The molecule has 0 aromatic heterocycles. The number of ether oxygens (including phenoxy) is 2. The standard InChI is InChI=1S/C52H90O7S.Na/c1-3-5-7-9-11-13-15-17-19-21-23-25-27-29-31-33-35-37-39-41-46-58-51(53)48-44-43-45-49(60(55,56)57)50(48)52(54)59-47-42-40-38-36-34-32-30-28-26-24-22-20-18-16-14-12-10-8-6-4-2;/h11-14,43-45H,3-10,15-42,46-47H2,1-2H3,(H,55,56,57);/q;+1/p-1/b13-11+,14-12+;. The van der Waals surface area contributed by atoms with E-state index in [2.05, 4.69) is 38.2 Å².